The summed E-state index contributed by atoms with van der Waals surface area (Å²) in [6.07, 6.45) is 2.17. The van der Waals surface area contributed by atoms with Crippen molar-refractivity contribution in [3.8, 4) is 0 Å². The third-order valence-corrected chi connectivity index (χ3v) is 4.82. The minimum Gasteiger partial charge on any atom is -0.359 e. The van der Waals surface area contributed by atoms with E-state index in [0.29, 0.717) is 12.3 Å². The molecule has 0 aliphatic carbocycles. The number of pyridine rings is 1. The van der Waals surface area contributed by atoms with Crippen molar-refractivity contribution in [2.24, 2.45) is 5.92 Å². The van der Waals surface area contributed by atoms with Crippen molar-refractivity contribution in [3.05, 3.63) is 23.7 Å². The number of aromatic nitrogens is 3. The molecule has 3 rings (SSSR count). The Bertz CT molecular complexity index is 811. The van der Waals surface area contributed by atoms with Gasteiger partial charge in [-0.1, -0.05) is 0 Å². The molecule has 6 nitrogen and oxygen atoms in total. The lowest BCUT2D eigenvalue weighted by Gasteiger charge is -2.32. The van der Waals surface area contributed by atoms with Crippen LogP contribution < -0.4 is 4.90 Å². The molecule has 2 aromatic rings. The molecular formula is C19H27N5O. The van der Waals surface area contributed by atoms with Crippen molar-refractivity contribution in [1.82, 2.24) is 19.9 Å². The van der Waals surface area contributed by atoms with E-state index >= 15 is 0 Å². The van der Waals surface area contributed by atoms with Gasteiger partial charge in [0, 0.05) is 43.7 Å². The number of fused-ring (bicyclic) bond motifs is 1. The lowest BCUT2D eigenvalue weighted by Crippen LogP contribution is -2.42. The first-order chi connectivity index (χ1) is 11.7. The topological polar surface area (TPSA) is 62.2 Å². The van der Waals surface area contributed by atoms with Gasteiger partial charge >= 0.3 is 0 Å². The Morgan fingerprint density at radius 3 is 2.64 bits per heavy atom. The summed E-state index contributed by atoms with van der Waals surface area (Å²) in [7, 11) is 2.03. The first-order valence-electron chi connectivity index (χ1n) is 8.77. The number of anilines is 1. The molecule has 1 saturated heterocycles. The molecular weight excluding hydrogens is 314 g/mol. The molecule has 0 spiro atoms. The third-order valence-electron chi connectivity index (χ3n) is 4.82. The number of rotatable bonds is 3. The van der Waals surface area contributed by atoms with E-state index in [1.807, 2.05) is 18.9 Å². The van der Waals surface area contributed by atoms with Crippen molar-refractivity contribution in [2.75, 3.05) is 25.0 Å². The maximum atomic E-state index is 12.3. The number of hydrogen-bond donors (Lipinski definition) is 0. The summed E-state index contributed by atoms with van der Waals surface area (Å²) in [6, 6.07) is 2.06. The maximum Gasteiger partial charge on any atom is 0.223 e. The van der Waals surface area contributed by atoms with Crippen molar-refractivity contribution in [3.63, 3.8) is 0 Å². The Morgan fingerprint density at radius 1 is 1.28 bits per heavy atom. The van der Waals surface area contributed by atoms with E-state index in [9.17, 15) is 4.79 Å². The average molecular weight is 341 g/mol. The highest BCUT2D eigenvalue weighted by Crippen LogP contribution is 2.29. The van der Waals surface area contributed by atoms with Crippen molar-refractivity contribution in [1.29, 1.82) is 0 Å². The standard InChI is InChI=1S/C19H27N5O/c1-12-7-13(2)22-17-16(12)18(21-11-20-17)23(6)9-14-8-15(25)24(10-14)19(3,4)5/h7,11,14H,8-10H2,1-6H3. The zero-order valence-electron chi connectivity index (χ0n) is 16.0. The lowest BCUT2D eigenvalue weighted by molar-refractivity contribution is -0.131. The van der Waals surface area contributed by atoms with Gasteiger partial charge in [-0.15, -0.1) is 0 Å². The van der Waals surface area contributed by atoms with Gasteiger partial charge in [-0.3, -0.25) is 4.79 Å². The van der Waals surface area contributed by atoms with Gasteiger partial charge in [-0.25, -0.2) is 15.0 Å². The number of carbonyl (C=O) groups excluding carboxylic acids is 1. The van der Waals surface area contributed by atoms with Crippen molar-refractivity contribution >= 4 is 22.8 Å². The lowest BCUT2D eigenvalue weighted by atomic mass is 10.1. The highest BCUT2D eigenvalue weighted by atomic mass is 16.2. The van der Waals surface area contributed by atoms with Crippen LogP contribution in [0.15, 0.2) is 12.4 Å². The predicted octanol–water partition coefficient (Wildman–Crippen LogP) is 2.72. The summed E-state index contributed by atoms with van der Waals surface area (Å²) in [5.74, 6) is 1.43. The van der Waals surface area contributed by atoms with E-state index in [2.05, 4.69) is 53.6 Å². The minimum atomic E-state index is -0.121. The molecule has 0 radical (unpaired) electrons. The molecule has 0 saturated carbocycles. The Hall–Kier alpha value is -2.24. The van der Waals surface area contributed by atoms with Crippen LogP contribution in [0.1, 0.15) is 38.4 Å². The molecule has 6 heteroatoms. The van der Waals surface area contributed by atoms with Crippen LogP contribution in [0.25, 0.3) is 11.0 Å². The number of carbonyl (C=O) groups is 1. The molecule has 1 amide bonds. The van der Waals surface area contributed by atoms with Gasteiger partial charge in [0.15, 0.2) is 5.65 Å². The smallest absolute Gasteiger partial charge is 0.223 e. The summed E-state index contributed by atoms with van der Waals surface area (Å²) in [4.78, 5) is 29.8. The molecule has 25 heavy (non-hydrogen) atoms. The van der Waals surface area contributed by atoms with E-state index in [1.165, 1.54) is 0 Å². The van der Waals surface area contributed by atoms with Crippen molar-refractivity contribution < 1.29 is 4.79 Å². The Morgan fingerprint density at radius 2 is 2.00 bits per heavy atom. The average Bonchev–Trinajstić information content (AvgIpc) is 2.86. The zero-order chi connectivity index (χ0) is 18.4. The highest BCUT2D eigenvalue weighted by molar-refractivity contribution is 5.90. The predicted molar refractivity (Wildman–Crippen MR) is 99.7 cm³/mol. The highest BCUT2D eigenvalue weighted by Gasteiger charge is 2.36. The second kappa shape index (κ2) is 6.24. The van der Waals surface area contributed by atoms with E-state index in [4.69, 9.17) is 0 Å². The van der Waals surface area contributed by atoms with Crippen LogP contribution in [0.3, 0.4) is 0 Å². The number of aryl methyl sites for hydroxylation is 2. The van der Waals surface area contributed by atoms with E-state index in [0.717, 1.165) is 41.2 Å². The largest absolute Gasteiger partial charge is 0.359 e. The van der Waals surface area contributed by atoms with E-state index in [-0.39, 0.29) is 11.4 Å². The monoisotopic (exact) mass is 341 g/mol. The molecule has 0 bridgehead atoms. The summed E-state index contributed by atoms with van der Waals surface area (Å²) in [5.41, 5.74) is 2.70. The zero-order valence-corrected chi connectivity index (χ0v) is 16.0. The van der Waals surface area contributed by atoms with Crippen LogP contribution in [0, 0.1) is 19.8 Å². The fourth-order valence-corrected chi connectivity index (χ4v) is 3.70. The van der Waals surface area contributed by atoms with E-state index < -0.39 is 0 Å². The summed E-state index contributed by atoms with van der Waals surface area (Å²) in [5, 5.41) is 0.993. The first kappa shape index (κ1) is 17.6. The molecule has 1 aliphatic heterocycles. The number of hydrogen-bond acceptors (Lipinski definition) is 5. The van der Waals surface area contributed by atoms with Crippen LogP contribution in [-0.4, -0.2) is 51.4 Å². The van der Waals surface area contributed by atoms with Crippen LogP contribution in [-0.2, 0) is 4.79 Å². The van der Waals surface area contributed by atoms with Gasteiger partial charge in [0.05, 0.1) is 5.39 Å². The normalized spacial score (nSPS) is 18.2. The molecule has 1 atom stereocenters. The summed E-state index contributed by atoms with van der Waals surface area (Å²) < 4.78 is 0. The maximum absolute atomic E-state index is 12.3. The molecule has 0 N–H and O–H groups in total. The molecule has 2 aromatic heterocycles. The van der Waals surface area contributed by atoms with Gasteiger partial charge < -0.3 is 9.80 Å². The fraction of sp³-hybridized carbons (Fsp3) is 0.579. The SMILES string of the molecule is Cc1cc(C)c2c(N(C)CC3CC(=O)N(C(C)(C)C)C3)ncnc2n1. The van der Waals surface area contributed by atoms with Crippen LogP contribution >= 0.6 is 0 Å². The minimum absolute atomic E-state index is 0.121. The number of nitrogens with zero attached hydrogens (tertiary/aromatic N) is 5. The Kier molecular flexibility index (Phi) is 4.39. The number of amides is 1. The fourth-order valence-electron chi connectivity index (χ4n) is 3.70. The van der Waals surface area contributed by atoms with Crippen LogP contribution in [0.2, 0.25) is 0 Å². The first-order valence-corrected chi connectivity index (χ1v) is 8.77. The van der Waals surface area contributed by atoms with Crippen LogP contribution in [0.5, 0.6) is 0 Å². The summed E-state index contributed by atoms with van der Waals surface area (Å²) in [6.45, 7) is 11.9. The molecule has 1 aliphatic rings. The van der Waals surface area contributed by atoms with E-state index in [1.54, 1.807) is 6.33 Å². The molecule has 1 fully saturated rings. The number of likely N-dealkylation sites (tertiary alicyclic amines) is 1. The van der Waals surface area contributed by atoms with Crippen molar-refractivity contribution in [2.45, 2.75) is 46.6 Å². The Labute approximate surface area is 149 Å². The van der Waals surface area contributed by atoms with Gasteiger partial charge in [-0.05, 0) is 46.2 Å². The summed E-state index contributed by atoms with van der Waals surface area (Å²) >= 11 is 0. The van der Waals surface area contributed by atoms with Gasteiger partial charge in [-0.2, -0.15) is 0 Å². The van der Waals surface area contributed by atoms with Gasteiger partial charge in [0.2, 0.25) is 5.91 Å². The molecule has 3 heterocycles. The molecule has 0 aromatic carbocycles. The second-order valence-electron chi connectivity index (χ2n) is 8.10. The van der Waals surface area contributed by atoms with Gasteiger partial charge in [0.25, 0.3) is 0 Å². The second-order valence-corrected chi connectivity index (χ2v) is 8.10. The molecule has 134 valence electrons. The Balaban J connectivity index is 1.84. The van der Waals surface area contributed by atoms with Gasteiger partial charge in [0.1, 0.15) is 12.1 Å². The quantitative estimate of drug-likeness (QED) is 0.859. The van der Waals surface area contributed by atoms with Crippen LogP contribution in [0.4, 0.5) is 5.82 Å². The third kappa shape index (κ3) is 3.43. The molecule has 1 unspecified atom stereocenters.